The highest BCUT2D eigenvalue weighted by atomic mass is 35.5. The lowest BCUT2D eigenvalue weighted by Crippen LogP contribution is -1.95. The fourth-order valence-electron chi connectivity index (χ4n) is 1.47. The molecular weight excluding hydrogens is 258 g/mol. The van der Waals surface area contributed by atoms with E-state index >= 15 is 0 Å². The van der Waals surface area contributed by atoms with Crippen LogP contribution in [0.1, 0.15) is 5.56 Å². The second-order valence-corrected chi connectivity index (χ2v) is 4.03. The van der Waals surface area contributed by atoms with Crippen molar-refractivity contribution in [2.75, 3.05) is 5.32 Å². The smallest absolute Gasteiger partial charge is 0.147 e. The zero-order valence-corrected chi connectivity index (χ0v) is 9.80. The third-order valence-corrected chi connectivity index (χ3v) is 2.46. The molecule has 0 aromatic heterocycles. The number of hydrogen-bond donors (Lipinski definition) is 1. The average molecular weight is 265 g/mol. The number of halogens is 3. The zero-order valence-electron chi connectivity index (χ0n) is 9.05. The van der Waals surface area contributed by atoms with Crippen molar-refractivity contribution in [1.82, 2.24) is 0 Å². The maximum absolute atomic E-state index is 13.6. The van der Waals surface area contributed by atoms with E-state index in [1.165, 1.54) is 24.3 Å². The van der Waals surface area contributed by atoms with Gasteiger partial charge in [0.05, 0.1) is 17.3 Å². The van der Waals surface area contributed by atoms with Crippen LogP contribution in [0, 0.1) is 23.0 Å². The van der Waals surface area contributed by atoms with Crippen molar-refractivity contribution in [3.8, 4) is 6.07 Å². The largest absolute Gasteiger partial charge is 0.353 e. The molecule has 2 rings (SSSR count). The van der Waals surface area contributed by atoms with Gasteiger partial charge in [0.15, 0.2) is 0 Å². The number of anilines is 2. The monoisotopic (exact) mass is 264 g/mol. The van der Waals surface area contributed by atoms with Crippen LogP contribution < -0.4 is 5.32 Å². The van der Waals surface area contributed by atoms with Gasteiger partial charge in [0.1, 0.15) is 11.6 Å². The molecule has 0 aliphatic carbocycles. The molecule has 0 amide bonds. The molecule has 0 heterocycles. The van der Waals surface area contributed by atoms with Crippen LogP contribution in [0.15, 0.2) is 36.4 Å². The van der Waals surface area contributed by atoms with Crippen molar-refractivity contribution in [3.63, 3.8) is 0 Å². The molecule has 0 unspecified atom stereocenters. The predicted octanol–water partition coefficient (Wildman–Crippen LogP) is 4.23. The van der Waals surface area contributed by atoms with Crippen molar-refractivity contribution >= 4 is 23.0 Å². The Labute approximate surface area is 107 Å². The fraction of sp³-hybridized carbons (Fsp3) is 0. The van der Waals surface area contributed by atoms with E-state index < -0.39 is 11.6 Å². The quantitative estimate of drug-likeness (QED) is 0.881. The second-order valence-electron chi connectivity index (χ2n) is 3.59. The molecule has 0 saturated heterocycles. The van der Waals surface area contributed by atoms with Crippen LogP contribution in [0.5, 0.6) is 0 Å². The van der Waals surface area contributed by atoms with Gasteiger partial charge >= 0.3 is 0 Å². The first-order chi connectivity index (χ1) is 8.58. The Morgan fingerprint density at radius 3 is 2.50 bits per heavy atom. The Morgan fingerprint density at radius 1 is 1.11 bits per heavy atom. The van der Waals surface area contributed by atoms with Gasteiger partial charge in [0.25, 0.3) is 0 Å². The maximum Gasteiger partial charge on any atom is 0.147 e. The van der Waals surface area contributed by atoms with Crippen LogP contribution in [-0.4, -0.2) is 0 Å². The Morgan fingerprint density at radius 2 is 1.89 bits per heavy atom. The molecular formula is C13H7ClF2N2. The lowest BCUT2D eigenvalue weighted by molar-refractivity contribution is 0.627. The molecule has 0 aliphatic heterocycles. The van der Waals surface area contributed by atoms with E-state index in [2.05, 4.69) is 5.32 Å². The summed E-state index contributed by atoms with van der Waals surface area (Å²) in [5, 5.41) is 11.5. The molecule has 2 aromatic carbocycles. The normalized spacial score (nSPS) is 9.89. The molecule has 0 saturated carbocycles. The van der Waals surface area contributed by atoms with Crippen LogP contribution in [0.4, 0.5) is 20.2 Å². The standard InChI is InChI=1S/C13H7ClF2N2/c14-9-4-10(15)6-11(5-9)18-13-2-1-8(7-17)3-12(13)16/h1-6,18H. The summed E-state index contributed by atoms with van der Waals surface area (Å²) in [7, 11) is 0. The van der Waals surface area contributed by atoms with Gasteiger partial charge in [-0.05, 0) is 36.4 Å². The molecule has 0 fully saturated rings. The number of nitrogens with one attached hydrogen (secondary N) is 1. The van der Waals surface area contributed by atoms with Gasteiger partial charge in [-0.25, -0.2) is 8.78 Å². The van der Waals surface area contributed by atoms with Gasteiger partial charge in [0.2, 0.25) is 0 Å². The highest BCUT2D eigenvalue weighted by molar-refractivity contribution is 6.30. The van der Waals surface area contributed by atoms with E-state index in [0.29, 0.717) is 5.69 Å². The summed E-state index contributed by atoms with van der Waals surface area (Å²) in [6.07, 6.45) is 0. The van der Waals surface area contributed by atoms with Gasteiger partial charge in [-0.3, -0.25) is 0 Å². The van der Waals surface area contributed by atoms with Gasteiger partial charge < -0.3 is 5.32 Å². The highest BCUT2D eigenvalue weighted by Gasteiger charge is 2.05. The first-order valence-electron chi connectivity index (χ1n) is 5.01. The summed E-state index contributed by atoms with van der Waals surface area (Å²) >= 11 is 5.69. The fourth-order valence-corrected chi connectivity index (χ4v) is 1.69. The number of rotatable bonds is 2. The van der Waals surface area contributed by atoms with Crippen molar-refractivity contribution in [1.29, 1.82) is 5.26 Å². The maximum atomic E-state index is 13.6. The minimum absolute atomic E-state index is 0.149. The van der Waals surface area contributed by atoms with E-state index in [1.54, 1.807) is 0 Å². The van der Waals surface area contributed by atoms with E-state index in [9.17, 15) is 8.78 Å². The zero-order chi connectivity index (χ0) is 13.1. The van der Waals surface area contributed by atoms with Crippen molar-refractivity contribution in [2.45, 2.75) is 0 Å². The number of hydrogen-bond acceptors (Lipinski definition) is 2. The lowest BCUT2D eigenvalue weighted by atomic mass is 10.2. The third kappa shape index (κ3) is 2.76. The molecule has 2 nitrogen and oxygen atoms in total. The summed E-state index contributed by atoms with van der Waals surface area (Å²) < 4.78 is 26.7. The molecule has 0 atom stereocenters. The molecule has 0 bridgehead atoms. The van der Waals surface area contributed by atoms with Gasteiger partial charge in [0, 0.05) is 10.7 Å². The molecule has 0 spiro atoms. The summed E-state index contributed by atoms with van der Waals surface area (Å²) in [5.41, 5.74) is 0.703. The van der Waals surface area contributed by atoms with E-state index in [-0.39, 0.29) is 16.3 Å². The highest BCUT2D eigenvalue weighted by Crippen LogP contribution is 2.24. The molecule has 1 N–H and O–H groups in total. The minimum Gasteiger partial charge on any atom is -0.353 e. The van der Waals surface area contributed by atoms with E-state index in [4.69, 9.17) is 16.9 Å². The molecule has 90 valence electrons. The van der Waals surface area contributed by atoms with Crippen molar-refractivity contribution < 1.29 is 8.78 Å². The van der Waals surface area contributed by atoms with E-state index in [0.717, 1.165) is 12.1 Å². The van der Waals surface area contributed by atoms with Gasteiger partial charge in [-0.15, -0.1) is 0 Å². The topological polar surface area (TPSA) is 35.8 Å². The van der Waals surface area contributed by atoms with Crippen LogP contribution in [0.3, 0.4) is 0 Å². The summed E-state index contributed by atoms with van der Waals surface area (Å²) in [4.78, 5) is 0. The van der Waals surface area contributed by atoms with Gasteiger partial charge in [-0.2, -0.15) is 5.26 Å². The summed E-state index contributed by atoms with van der Waals surface area (Å²) in [5.74, 6) is -1.10. The molecule has 0 aliphatic rings. The average Bonchev–Trinajstić information content (AvgIpc) is 2.30. The Bertz CT molecular complexity index is 615. The van der Waals surface area contributed by atoms with Crippen LogP contribution >= 0.6 is 11.6 Å². The second kappa shape index (κ2) is 5.03. The molecule has 0 radical (unpaired) electrons. The predicted molar refractivity (Wildman–Crippen MR) is 65.8 cm³/mol. The summed E-state index contributed by atoms with van der Waals surface area (Å²) in [6, 6.07) is 9.63. The van der Waals surface area contributed by atoms with Crippen molar-refractivity contribution in [2.24, 2.45) is 0 Å². The Balaban J connectivity index is 2.31. The Kier molecular flexibility index (Phi) is 3.45. The third-order valence-electron chi connectivity index (χ3n) is 2.24. The van der Waals surface area contributed by atoms with Crippen molar-refractivity contribution in [3.05, 3.63) is 58.6 Å². The first kappa shape index (κ1) is 12.3. The summed E-state index contributed by atoms with van der Waals surface area (Å²) in [6.45, 7) is 0. The SMILES string of the molecule is N#Cc1ccc(Nc2cc(F)cc(Cl)c2)c(F)c1. The van der Waals surface area contributed by atoms with Crippen LogP contribution in [0.2, 0.25) is 5.02 Å². The first-order valence-corrected chi connectivity index (χ1v) is 5.39. The number of nitrogens with zero attached hydrogens (tertiary/aromatic N) is 1. The van der Waals surface area contributed by atoms with Crippen LogP contribution in [0.25, 0.3) is 0 Å². The molecule has 18 heavy (non-hydrogen) atoms. The van der Waals surface area contributed by atoms with E-state index in [1.807, 2.05) is 6.07 Å². The Hall–Kier alpha value is -2.12. The van der Waals surface area contributed by atoms with Crippen LogP contribution in [-0.2, 0) is 0 Å². The molecule has 5 heteroatoms. The number of benzene rings is 2. The molecule has 2 aromatic rings. The number of nitriles is 1. The lowest BCUT2D eigenvalue weighted by Gasteiger charge is -2.08. The van der Waals surface area contributed by atoms with Gasteiger partial charge in [-0.1, -0.05) is 11.6 Å². The minimum atomic E-state index is -0.588.